The molecule has 0 aliphatic carbocycles. The Kier molecular flexibility index (Phi) is 5.38. The Morgan fingerprint density at radius 1 is 1.29 bits per heavy atom. The van der Waals surface area contributed by atoms with Crippen molar-refractivity contribution < 1.29 is 4.74 Å². The van der Waals surface area contributed by atoms with Gasteiger partial charge in [-0.05, 0) is 53.0 Å². The Labute approximate surface area is 133 Å². The van der Waals surface area contributed by atoms with Gasteiger partial charge in [-0.25, -0.2) is 0 Å². The molecule has 0 spiro atoms. The van der Waals surface area contributed by atoms with Gasteiger partial charge in [0.1, 0.15) is 12.4 Å². The maximum atomic E-state index is 9.06. The van der Waals surface area contributed by atoms with Crippen LogP contribution in [0.1, 0.15) is 23.6 Å². The summed E-state index contributed by atoms with van der Waals surface area (Å²) >= 11 is 3.52. The molecule has 2 aromatic rings. The zero-order valence-corrected chi connectivity index (χ0v) is 13.4. The van der Waals surface area contributed by atoms with Crippen LogP contribution >= 0.6 is 15.9 Å². The van der Waals surface area contributed by atoms with Crippen LogP contribution in [0.15, 0.2) is 46.9 Å². The molecule has 0 bridgehead atoms. The average Bonchev–Trinajstić information content (AvgIpc) is 2.46. The Morgan fingerprint density at radius 3 is 2.71 bits per heavy atom. The third-order valence-electron chi connectivity index (χ3n) is 3.07. The van der Waals surface area contributed by atoms with Crippen LogP contribution in [0.25, 0.3) is 0 Å². The monoisotopic (exact) mass is 344 g/mol. The number of nitrogens with two attached hydrogens (primary N) is 1. The number of nitrogens with zero attached hydrogens (tertiary/aromatic N) is 1. The molecule has 2 rings (SSSR count). The Bertz CT molecular complexity index is 662. The summed E-state index contributed by atoms with van der Waals surface area (Å²) in [4.78, 5) is 0. The second kappa shape index (κ2) is 7.26. The van der Waals surface area contributed by atoms with E-state index in [4.69, 9.17) is 15.7 Å². The lowest BCUT2D eigenvalue weighted by Gasteiger charge is -2.11. The fourth-order valence-corrected chi connectivity index (χ4v) is 2.61. The number of ether oxygens (including phenoxy) is 1. The van der Waals surface area contributed by atoms with Crippen LogP contribution < -0.4 is 10.5 Å². The van der Waals surface area contributed by atoms with E-state index in [9.17, 15) is 0 Å². The van der Waals surface area contributed by atoms with Crippen molar-refractivity contribution in [3.8, 4) is 11.8 Å². The van der Waals surface area contributed by atoms with Gasteiger partial charge in [-0.1, -0.05) is 24.3 Å². The standard InChI is InChI=1S/C17H17BrN2O/c1-12(20)8-13-6-7-17(16(18)9-13)21-11-15-5-3-2-4-14(15)10-19/h2-7,9,12H,8,11,20H2,1H3. The first kappa shape index (κ1) is 15.6. The summed E-state index contributed by atoms with van der Waals surface area (Å²) in [5.74, 6) is 0.760. The van der Waals surface area contributed by atoms with Crippen molar-refractivity contribution in [2.24, 2.45) is 5.73 Å². The van der Waals surface area contributed by atoms with E-state index in [0.29, 0.717) is 12.2 Å². The van der Waals surface area contributed by atoms with Crippen molar-refractivity contribution >= 4 is 15.9 Å². The van der Waals surface area contributed by atoms with Gasteiger partial charge in [0.05, 0.1) is 16.1 Å². The molecule has 0 radical (unpaired) electrons. The molecule has 0 fully saturated rings. The van der Waals surface area contributed by atoms with E-state index < -0.39 is 0 Å². The highest BCUT2D eigenvalue weighted by Crippen LogP contribution is 2.27. The van der Waals surface area contributed by atoms with Crippen molar-refractivity contribution in [3.05, 3.63) is 63.6 Å². The van der Waals surface area contributed by atoms with E-state index in [1.165, 1.54) is 5.56 Å². The molecule has 1 atom stereocenters. The van der Waals surface area contributed by atoms with Crippen LogP contribution in [0.2, 0.25) is 0 Å². The van der Waals surface area contributed by atoms with Crippen molar-refractivity contribution in [2.75, 3.05) is 0 Å². The molecule has 0 saturated carbocycles. The van der Waals surface area contributed by atoms with Crippen LogP contribution in [-0.2, 0) is 13.0 Å². The van der Waals surface area contributed by atoms with Crippen LogP contribution in [0, 0.1) is 11.3 Å². The third kappa shape index (κ3) is 4.32. The lowest BCUT2D eigenvalue weighted by molar-refractivity contribution is 0.304. The molecule has 0 amide bonds. The molecule has 0 heterocycles. The SMILES string of the molecule is CC(N)Cc1ccc(OCc2ccccc2C#N)c(Br)c1. The van der Waals surface area contributed by atoms with Gasteiger partial charge in [-0.3, -0.25) is 0 Å². The van der Waals surface area contributed by atoms with Crippen LogP contribution in [0.3, 0.4) is 0 Å². The first-order valence-electron chi connectivity index (χ1n) is 6.75. The molecule has 2 aromatic carbocycles. The zero-order chi connectivity index (χ0) is 15.2. The van der Waals surface area contributed by atoms with E-state index in [-0.39, 0.29) is 6.04 Å². The topological polar surface area (TPSA) is 59.0 Å². The number of hydrogen-bond acceptors (Lipinski definition) is 3. The van der Waals surface area contributed by atoms with Crippen molar-refractivity contribution in [1.82, 2.24) is 0 Å². The summed E-state index contributed by atoms with van der Waals surface area (Å²) in [6, 6.07) is 15.7. The van der Waals surface area contributed by atoms with Gasteiger partial charge in [0, 0.05) is 11.6 Å². The average molecular weight is 345 g/mol. The number of benzene rings is 2. The summed E-state index contributed by atoms with van der Waals surface area (Å²) in [6.07, 6.45) is 0.830. The van der Waals surface area contributed by atoms with Gasteiger partial charge in [0.15, 0.2) is 0 Å². The summed E-state index contributed by atoms with van der Waals surface area (Å²) in [5, 5.41) is 9.06. The normalized spacial score (nSPS) is 11.7. The van der Waals surface area contributed by atoms with E-state index in [1.807, 2.05) is 43.3 Å². The van der Waals surface area contributed by atoms with Gasteiger partial charge < -0.3 is 10.5 Å². The second-order valence-electron chi connectivity index (χ2n) is 5.00. The number of halogens is 1. The molecule has 0 saturated heterocycles. The summed E-state index contributed by atoms with van der Waals surface area (Å²) in [6.45, 7) is 2.35. The summed E-state index contributed by atoms with van der Waals surface area (Å²) < 4.78 is 6.69. The number of hydrogen-bond donors (Lipinski definition) is 1. The highest BCUT2D eigenvalue weighted by atomic mass is 79.9. The Balaban J connectivity index is 2.08. The Hall–Kier alpha value is -1.83. The number of nitriles is 1. The highest BCUT2D eigenvalue weighted by molar-refractivity contribution is 9.10. The summed E-state index contributed by atoms with van der Waals surface area (Å²) in [7, 11) is 0. The zero-order valence-electron chi connectivity index (χ0n) is 11.8. The minimum Gasteiger partial charge on any atom is -0.488 e. The highest BCUT2D eigenvalue weighted by Gasteiger charge is 2.06. The molecular formula is C17H17BrN2O. The largest absolute Gasteiger partial charge is 0.488 e. The predicted octanol–water partition coefficient (Wildman–Crippen LogP) is 3.79. The molecule has 3 nitrogen and oxygen atoms in total. The molecule has 0 aromatic heterocycles. The van der Waals surface area contributed by atoms with Crippen molar-refractivity contribution in [1.29, 1.82) is 5.26 Å². The lowest BCUT2D eigenvalue weighted by Crippen LogP contribution is -2.17. The predicted molar refractivity (Wildman–Crippen MR) is 87.0 cm³/mol. The third-order valence-corrected chi connectivity index (χ3v) is 3.69. The molecule has 0 aliphatic heterocycles. The maximum absolute atomic E-state index is 9.06. The van der Waals surface area contributed by atoms with E-state index >= 15 is 0 Å². The van der Waals surface area contributed by atoms with Gasteiger partial charge >= 0.3 is 0 Å². The molecule has 1 unspecified atom stereocenters. The summed E-state index contributed by atoms with van der Waals surface area (Å²) in [5.41, 5.74) is 8.49. The second-order valence-corrected chi connectivity index (χ2v) is 5.86. The van der Waals surface area contributed by atoms with E-state index in [1.54, 1.807) is 6.07 Å². The molecule has 0 aliphatic rings. The molecule has 108 valence electrons. The minimum absolute atomic E-state index is 0.131. The molecule has 4 heteroatoms. The van der Waals surface area contributed by atoms with Crippen molar-refractivity contribution in [3.63, 3.8) is 0 Å². The van der Waals surface area contributed by atoms with Crippen LogP contribution in [0.4, 0.5) is 0 Å². The van der Waals surface area contributed by atoms with Crippen LogP contribution in [0.5, 0.6) is 5.75 Å². The van der Waals surface area contributed by atoms with E-state index in [2.05, 4.69) is 22.0 Å². The quantitative estimate of drug-likeness (QED) is 0.897. The lowest BCUT2D eigenvalue weighted by atomic mass is 10.1. The molecular weight excluding hydrogens is 328 g/mol. The molecule has 21 heavy (non-hydrogen) atoms. The first-order valence-corrected chi connectivity index (χ1v) is 7.54. The van der Waals surface area contributed by atoms with Gasteiger partial charge in [-0.15, -0.1) is 0 Å². The smallest absolute Gasteiger partial charge is 0.134 e. The fourth-order valence-electron chi connectivity index (χ4n) is 2.07. The van der Waals surface area contributed by atoms with E-state index in [0.717, 1.165) is 22.2 Å². The Morgan fingerprint density at radius 2 is 2.05 bits per heavy atom. The molecule has 2 N–H and O–H groups in total. The van der Waals surface area contributed by atoms with Gasteiger partial charge in [0.2, 0.25) is 0 Å². The number of rotatable bonds is 5. The fraction of sp³-hybridized carbons (Fsp3) is 0.235. The van der Waals surface area contributed by atoms with Gasteiger partial charge in [0.25, 0.3) is 0 Å². The van der Waals surface area contributed by atoms with Crippen LogP contribution in [-0.4, -0.2) is 6.04 Å². The van der Waals surface area contributed by atoms with Crippen molar-refractivity contribution in [2.45, 2.75) is 26.0 Å². The van der Waals surface area contributed by atoms with Gasteiger partial charge in [-0.2, -0.15) is 5.26 Å². The maximum Gasteiger partial charge on any atom is 0.134 e. The first-order chi connectivity index (χ1) is 10.1. The minimum atomic E-state index is 0.131.